The highest BCUT2D eigenvalue weighted by atomic mass is 35.5. The number of hydrogen-bond acceptors (Lipinski definition) is 3. The first-order valence-corrected chi connectivity index (χ1v) is 6.14. The molecule has 1 amide bonds. The number of ether oxygens (including phenoxy) is 1. The molecule has 2 N–H and O–H groups in total. The van der Waals surface area contributed by atoms with Crippen molar-refractivity contribution in [1.82, 2.24) is 10.2 Å². The third-order valence-corrected chi connectivity index (χ3v) is 3.02. The lowest BCUT2D eigenvalue weighted by Crippen LogP contribution is -2.20. The van der Waals surface area contributed by atoms with Crippen molar-refractivity contribution in [2.75, 3.05) is 11.9 Å². The number of carbonyl (C=O) groups is 1. The third-order valence-electron chi connectivity index (χ3n) is 2.71. The van der Waals surface area contributed by atoms with E-state index in [1.807, 2.05) is 13.8 Å². The van der Waals surface area contributed by atoms with Gasteiger partial charge in [-0.25, -0.2) is 0 Å². The minimum absolute atomic E-state index is 0.116. The molecule has 5 nitrogen and oxygen atoms in total. The van der Waals surface area contributed by atoms with Gasteiger partial charge in [-0.15, -0.1) is 0 Å². The normalized spacial score (nSPS) is 10.3. The summed E-state index contributed by atoms with van der Waals surface area (Å²) in [6.07, 6.45) is 0. The maximum atomic E-state index is 11.7. The molecule has 0 unspecified atom stereocenters. The van der Waals surface area contributed by atoms with Crippen LogP contribution in [0, 0.1) is 13.8 Å². The number of halogens is 1. The van der Waals surface area contributed by atoms with E-state index >= 15 is 0 Å². The van der Waals surface area contributed by atoms with Crippen LogP contribution in [0.5, 0.6) is 5.75 Å². The number of para-hydroxylation sites is 1. The first kappa shape index (κ1) is 13.4. The summed E-state index contributed by atoms with van der Waals surface area (Å²) in [5.74, 6) is 0.717. The van der Waals surface area contributed by atoms with Crippen LogP contribution in [-0.4, -0.2) is 22.7 Å². The van der Waals surface area contributed by atoms with Crippen molar-refractivity contribution in [2.24, 2.45) is 0 Å². The van der Waals surface area contributed by atoms with E-state index in [2.05, 4.69) is 15.5 Å². The van der Waals surface area contributed by atoms with Crippen molar-refractivity contribution in [3.63, 3.8) is 0 Å². The van der Waals surface area contributed by atoms with Crippen LogP contribution < -0.4 is 10.1 Å². The van der Waals surface area contributed by atoms with Gasteiger partial charge in [0.1, 0.15) is 5.75 Å². The fourth-order valence-corrected chi connectivity index (χ4v) is 1.67. The molecular formula is C13H14ClN3O2. The number of H-pyrrole nitrogens is 1. The molecule has 0 aliphatic rings. The number of benzene rings is 1. The molecule has 0 fully saturated rings. The Hall–Kier alpha value is -2.01. The summed E-state index contributed by atoms with van der Waals surface area (Å²) in [6.45, 7) is 3.65. The highest BCUT2D eigenvalue weighted by Gasteiger charge is 2.10. The van der Waals surface area contributed by atoms with Gasteiger partial charge in [0.25, 0.3) is 5.91 Å². The van der Waals surface area contributed by atoms with Gasteiger partial charge in [0.2, 0.25) is 0 Å². The number of anilines is 1. The Labute approximate surface area is 115 Å². The smallest absolute Gasteiger partial charge is 0.263 e. The Balaban J connectivity index is 1.92. The summed E-state index contributed by atoms with van der Waals surface area (Å²) < 4.78 is 5.34. The molecule has 0 bridgehead atoms. The molecule has 0 aliphatic heterocycles. The van der Waals surface area contributed by atoms with Crippen LogP contribution in [0.2, 0.25) is 5.02 Å². The van der Waals surface area contributed by atoms with Crippen LogP contribution in [0.15, 0.2) is 24.3 Å². The number of nitrogens with zero attached hydrogens (tertiary/aromatic N) is 1. The zero-order chi connectivity index (χ0) is 13.8. The van der Waals surface area contributed by atoms with Crippen LogP contribution in [0.1, 0.15) is 11.3 Å². The summed E-state index contributed by atoms with van der Waals surface area (Å²) in [7, 11) is 0. The molecule has 0 radical (unpaired) electrons. The predicted molar refractivity (Wildman–Crippen MR) is 73.6 cm³/mol. The molecule has 19 heavy (non-hydrogen) atoms. The lowest BCUT2D eigenvalue weighted by molar-refractivity contribution is -0.118. The van der Waals surface area contributed by atoms with Gasteiger partial charge in [0.05, 0.1) is 5.02 Å². The highest BCUT2D eigenvalue weighted by Crippen LogP contribution is 2.23. The van der Waals surface area contributed by atoms with Crippen molar-refractivity contribution in [1.29, 1.82) is 0 Å². The van der Waals surface area contributed by atoms with Crippen LogP contribution in [-0.2, 0) is 4.79 Å². The number of amides is 1. The fraction of sp³-hybridized carbons (Fsp3) is 0.231. The van der Waals surface area contributed by atoms with Crippen molar-refractivity contribution in [3.05, 3.63) is 40.5 Å². The summed E-state index contributed by atoms with van der Waals surface area (Å²) in [6, 6.07) is 7.00. The molecule has 0 saturated heterocycles. The van der Waals surface area contributed by atoms with E-state index in [0.29, 0.717) is 16.6 Å². The maximum Gasteiger partial charge on any atom is 0.263 e. The van der Waals surface area contributed by atoms with Gasteiger partial charge in [0, 0.05) is 11.3 Å². The fourth-order valence-electron chi connectivity index (χ4n) is 1.48. The molecule has 1 aromatic heterocycles. The molecule has 2 rings (SSSR count). The van der Waals surface area contributed by atoms with Gasteiger partial charge in [-0.1, -0.05) is 23.7 Å². The quantitative estimate of drug-likeness (QED) is 0.904. The Morgan fingerprint density at radius 1 is 1.42 bits per heavy atom. The number of aryl methyl sites for hydroxylation is 1. The van der Waals surface area contributed by atoms with Gasteiger partial charge < -0.3 is 10.1 Å². The molecule has 1 aromatic carbocycles. The lowest BCUT2D eigenvalue weighted by atomic mass is 10.3. The van der Waals surface area contributed by atoms with Crippen molar-refractivity contribution in [2.45, 2.75) is 13.8 Å². The van der Waals surface area contributed by atoms with E-state index in [1.165, 1.54) is 0 Å². The highest BCUT2D eigenvalue weighted by molar-refractivity contribution is 6.32. The van der Waals surface area contributed by atoms with E-state index in [0.717, 1.165) is 11.3 Å². The second kappa shape index (κ2) is 5.75. The van der Waals surface area contributed by atoms with E-state index in [1.54, 1.807) is 24.3 Å². The average molecular weight is 280 g/mol. The van der Waals surface area contributed by atoms with Gasteiger partial charge in [-0.2, -0.15) is 5.10 Å². The topological polar surface area (TPSA) is 67.0 Å². The molecule has 2 aromatic rings. The molecule has 0 aliphatic carbocycles. The summed E-state index contributed by atoms with van der Waals surface area (Å²) in [5.41, 5.74) is 1.83. The Kier molecular flexibility index (Phi) is 4.06. The number of aromatic amines is 1. The van der Waals surface area contributed by atoms with Gasteiger partial charge in [0.15, 0.2) is 12.4 Å². The van der Waals surface area contributed by atoms with Crippen LogP contribution in [0.25, 0.3) is 0 Å². The molecular weight excluding hydrogens is 266 g/mol. The van der Waals surface area contributed by atoms with Crippen LogP contribution in [0.4, 0.5) is 5.82 Å². The number of carbonyl (C=O) groups excluding carboxylic acids is 1. The molecule has 100 valence electrons. The Morgan fingerprint density at radius 2 is 2.16 bits per heavy atom. The van der Waals surface area contributed by atoms with E-state index < -0.39 is 0 Å². The largest absolute Gasteiger partial charge is 0.482 e. The average Bonchev–Trinajstić information content (AvgIpc) is 2.70. The second-order valence-corrected chi connectivity index (χ2v) is 4.50. The maximum absolute atomic E-state index is 11.7. The third kappa shape index (κ3) is 3.26. The molecule has 0 atom stereocenters. The molecule has 0 spiro atoms. The van der Waals surface area contributed by atoms with Gasteiger partial charge in [-0.3, -0.25) is 9.89 Å². The summed E-state index contributed by atoms with van der Waals surface area (Å²) in [5, 5.41) is 9.93. The van der Waals surface area contributed by atoms with Crippen molar-refractivity contribution < 1.29 is 9.53 Å². The number of hydrogen-bond donors (Lipinski definition) is 2. The first-order chi connectivity index (χ1) is 9.08. The van der Waals surface area contributed by atoms with Crippen LogP contribution >= 0.6 is 11.6 Å². The van der Waals surface area contributed by atoms with Crippen LogP contribution in [0.3, 0.4) is 0 Å². The number of aromatic nitrogens is 2. The zero-order valence-electron chi connectivity index (χ0n) is 10.7. The molecule has 0 saturated carbocycles. The zero-order valence-corrected chi connectivity index (χ0v) is 11.4. The minimum atomic E-state index is -0.283. The van der Waals surface area contributed by atoms with Crippen molar-refractivity contribution >= 4 is 23.3 Å². The Bertz CT molecular complexity index is 595. The number of rotatable bonds is 4. The van der Waals surface area contributed by atoms with Gasteiger partial charge in [-0.05, 0) is 26.0 Å². The summed E-state index contributed by atoms with van der Waals surface area (Å²) >= 11 is 5.92. The van der Waals surface area contributed by atoms with Crippen molar-refractivity contribution in [3.8, 4) is 5.75 Å². The van der Waals surface area contributed by atoms with E-state index in [-0.39, 0.29) is 12.5 Å². The lowest BCUT2D eigenvalue weighted by Gasteiger charge is -2.07. The van der Waals surface area contributed by atoms with Gasteiger partial charge >= 0.3 is 0 Å². The molecule has 1 heterocycles. The number of nitrogens with one attached hydrogen (secondary N) is 2. The standard InChI is InChI=1S/C13H14ClN3O2/c1-8-9(2)16-17-13(8)15-12(18)7-19-11-6-4-3-5-10(11)14/h3-6H,7H2,1-2H3,(H2,15,16,17,18). The van der Waals surface area contributed by atoms with E-state index in [9.17, 15) is 4.79 Å². The van der Waals surface area contributed by atoms with E-state index in [4.69, 9.17) is 16.3 Å². The molecule has 6 heteroatoms. The minimum Gasteiger partial charge on any atom is -0.482 e. The second-order valence-electron chi connectivity index (χ2n) is 4.09. The SMILES string of the molecule is Cc1[nH]nc(NC(=O)COc2ccccc2Cl)c1C. The Morgan fingerprint density at radius 3 is 2.79 bits per heavy atom. The monoisotopic (exact) mass is 279 g/mol. The predicted octanol–water partition coefficient (Wildman–Crippen LogP) is 2.70. The summed E-state index contributed by atoms with van der Waals surface area (Å²) in [4.78, 5) is 11.7. The first-order valence-electron chi connectivity index (χ1n) is 5.76.